The first-order valence-electron chi connectivity index (χ1n) is 13.5. The third-order valence-corrected chi connectivity index (χ3v) is 6.86. The molecule has 212 valence electrons. The monoisotopic (exact) mass is 554 g/mol. The first-order valence-corrected chi connectivity index (χ1v) is 14.5. The van der Waals surface area contributed by atoms with Crippen molar-refractivity contribution in [1.29, 1.82) is 0 Å². The molecule has 0 saturated heterocycles. The number of halogens is 1. The summed E-state index contributed by atoms with van der Waals surface area (Å²) in [5.41, 5.74) is 4.20. The second-order valence-corrected chi connectivity index (χ2v) is 10.1. The zero-order valence-corrected chi connectivity index (χ0v) is 24.8. The van der Waals surface area contributed by atoms with Crippen molar-refractivity contribution >= 4 is 23.5 Å². The lowest BCUT2D eigenvalue weighted by atomic mass is 10.0. The molecule has 0 amide bonds. The molecule has 0 N–H and O–H groups in total. The van der Waals surface area contributed by atoms with Crippen LogP contribution in [0.15, 0.2) is 78.9 Å². The Morgan fingerprint density at radius 1 is 1.05 bits per heavy atom. The summed E-state index contributed by atoms with van der Waals surface area (Å²) >= 11 is 1.53. The van der Waals surface area contributed by atoms with Crippen LogP contribution >= 0.6 is 11.8 Å². The maximum Gasteiger partial charge on any atom is 0.338 e. The van der Waals surface area contributed by atoms with Gasteiger partial charge in [0.15, 0.2) is 0 Å². The van der Waals surface area contributed by atoms with Gasteiger partial charge < -0.3 is 9.47 Å². The molecule has 0 radical (unpaired) electrons. The fourth-order valence-corrected chi connectivity index (χ4v) is 4.40. The lowest BCUT2D eigenvalue weighted by molar-refractivity contribution is -0.116. The number of hydrogen-bond donors (Lipinski definition) is 0. The van der Waals surface area contributed by atoms with Crippen molar-refractivity contribution in [1.82, 2.24) is 0 Å². The van der Waals surface area contributed by atoms with Gasteiger partial charge in [-0.2, -0.15) is 0 Å². The highest BCUT2D eigenvalue weighted by atomic mass is 32.2. The third-order valence-electron chi connectivity index (χ3n) is 5.60. The molecule has 2 aromatic rings. The third kappa shape index (κ3) is 14.1. The van der Waals surface area contributed by atoms with Gasteiger partial charge in [-0.25, -0.2) is 9.18 Å². The molecule has 39 heavy (non-hydrogen) atoms. The highest BCUT2D eigenvalue weighted by molar-refractivity contribution is 8.00. The number of benzene rings is 2. The van der Waals surface area contributed by atoms with Crippen LogP contribution in [-0.4, -0.2) is 37.3 Å². The van der Waals surface area contributed by atoms with E-state index in [0.717, 1.165) is 28.7 Å². The van der Waals surface area contributed by atoms with Gasteiger partial charge in [0.1, 0.15) is 11.6 Å². The first-order chi connectivity index (χ1) is 18.8. The molecule has 0 aliphatic rings. The van der Waals surface area contributed by atoms with Crippen LogP contribution in [0.3, 0.4) is 0 Å². The normalized spacial score (nSPS) is 11.7. The summed E-state index contributed by atoms with van der Waals surface area (Å²) in [6.45, 7) is 15.2. The molecule has 0 aromatic heterocycles. The van der Waals surface area contributed by atoms with E-state index in [1.54, 1.807) is 24.3 Å². The molecule has 0 fully saturated rings. The van der Waals surface area contributed by atoms with E-state index in [-0.39, 0.29) is 22.8 Å². The van der Waals surface area contributed by atoms with E-state index in [1.165, 1.54) is 23.9 Å². The van der Waals surface area contributed by atoms with Gasteiger partial charge in [-0.15, -0.1) is 11.8 Å². The van der Waals surface area contributed by atoms with Gasteiger partial charge in [0.2, 0.25) is 0 Å². The van der Waals surface area contributed by atoms with Crippen molar-refractivity contribution in [2.75, 3.05) is 25.6 Å². The fraction of sp³-hybridized carbons (Fsp3) is 0.394. The lowest BCUT2D eigenvalue weighted by Crippen LogP contribution is -2.10. The molecule has 1 unspecified atom stereocenters. The van der Waals surface area contributed by atoms with Crippen LogP contribution in [0.2, 0.25) is 0 Å². The van der Waals surface area contributed by atoms with Crippen LogP contribution in [0.5, 0.6) is 0 Å². The van der Waals surface area contributed by atoms with E-state index in [9.17, 15) is 14.0 Å². The molecule has 0 aliphatic heterocycles. The van der Waals surface area contributed by atoms with Gasteiger partial charge in [-0.3, -0.25) is 4.79 Å². The van der Waals surface area contributed by atoms with Crippen LogP contribution < -0.4 is 0 Å². The topological polar surface area (TPSA) is 52.6 Å². The highest BCUT2D eigenvalue weighted by Crippen LogP contribution is 2.28. The molecule has 0 heterocycles. The summed E-state index contributed by atoms with van der Waals surface area (Å²) in [5.74, 6) is -0.162. The van der Waals surface area contributed by atoms with Crippen molar-refractivity contribution in [3.63, 3.8) is 0 Å². The van der Waals surface area contributed by atoms with Crippen molar-refractivity contribution in [2.24, 2.45) is 0 Å². The summed E-state index contributed by atoms with van der Waals surface area (Å²) in [6.07, 6.45) is 9.59. The van der Waals surface area contributed by atoms with E-state index < -0.39 is 0 Å². The van der Waals surface area contributed by atoms with Gasteiger partial charge in [0, 0.05) is 11.7 Å². The Morgan fingerprint density at radius 2 is 1.72 bits per heavy atom. The number of thioether (sulfide) groups is 1. The maximum absolute atomic E-state index is 13.1. The Bertz CT molecular complexity index is 1090. The van der Waals surface area contributed by atoms with Crippen molar-refractivity contribution < 1.29 is 23.5 Å². The SMILES string of the molecule is C=C(/C=C\C)COCC/C=C\CCOC(=O)c1ccc(CC(=O)CSC(C)c2ccc(F)cc2)c(C)c1.CC. The average Bonchev–Trinajstić information content (AvgIpc) is 2.93. The molecular weight excluding hydrogens is 511 g/mol. The molecule has 6 heteroatoms. The molecule has 0 aliphatic carbocycles. The number of carbonyl (C=O) groups excluding carboxylic acids is 2. The van der Waals surface area contributed by atoms with Crippen LogP contribution in [0.4, 0.5) is 4.39 Å². The number of allylic oxidation sites excluding steroid dienone is 1. The van der Waals surface area contributed by atoms with Gasteiger partial charge >= 0.3 is 5.97 Å². The molecule has 2 aromatic carbocycles. The molecule has 1 atom stereocenters. The van der Waals surface area contributed by atoms with Crippen molar-refractivity contribution in [3.8, 4) is 0 Å². The molecule has 0 bridgehead atoms. The molecule has 4 nitrogen and oxygen atoms in total. The second kappa shape index (κ2) is 20.0. The zero-order valence-electron chi connectivity index (χ0n) is 24.0. The van der Waals surface area contributed by atoms with Gasteiger partial charge in [-0.05, 0) is 80.1 Å². The Kier molecular flexibility index (Phi) is 17.5. The number of Topliss-reactive ketones (excluding diaryl/α,β-unsaturated/α-hetero) is 1. The Labute approximate surface area is 238 Å². The van der Waals surface area contributed by atoms with Crippen LogP contribution in [0.1, 0.15) is 72.8 Å². The molecule has 0 spiro atoms. The minimum atomic E-state index is -0.371. The van der Waals surface area contributed by atoms with Gasteiger partial charge in [0.05, 0.1) is 31.1 Å². The van der Waals surface area contributed by atoms with E-state index in [4.69, 9.17) is 9.47 Å². The number of esters is 1. The van der Waals surface area contributed by atoms with Gasteiger partial charge in [-0.1, -0.05) is 62.9 Å². The number of rotatable bonds is 16. The fourth-order valence-electron chi connectivity index (χ4n) is 3.51. The minimum Gasteiger partial charge on any atom is -0.462 e. The number of aryl methyl sites for hydroxylation is 1. The smallest absolute Gasteiger partial charge is 0.338 e. The number of carbonyl (C=O) groups is 2. The first kappa shape index (κ1) is 34.1. The summed E-state index contributed by atoms with van der Waals surface area (Å²) in [6, 6.07) is 11.7. The van der Waals surface area contributed by atoms with Crippen LogP contribution in [0.25, 0.3) is 0 Å². The van der Waals surface area contributed by atoms with E-state index in [2.05, 4.69) is 6.58 Å². The summed E-state index contributed by atoms with van der Waals surface area (Å²) < 4.78 is 24.0. The quantitative estimate of drug-likeness (QED) is 0.0902. The summed E-state index contributed by atoms with van der Waals surface area (Å²) in [7, 11) is 0. The molecule has 2 rings (SSSR count). The number of ketones is 1. The van der Waals surface area contributed by atoms with E-state index in [0.29, 0.717) is 44.0 Å². The molecule has 0 saturated carbocycles. The lowest BCUT2D eigenvalue weighted by Gasteiger charge is -2.12. The maximum atomic E-state index is 13.1. The molecular formula is C33H43FO4S. The van der Waals surface area contributed by atoms with E-state index >= 15 is 0 Å². The standard InChI is InChI=1S/C31H37FO4S.C2H6/c1-5-10-23(2)21-35-17-8-6-7-9-18-36-31(34)28-12-11-27(24(3)19-28)20-30(33)22-37-25(4)26-13-15-29(32)16-14-26;1-2/h5-7,10-16,19,25H,2,8-9,17-18,20-22H2,1,3-4H3;1-2H3/b7-6-,10-5-;. The second-order valence-electron chi connectivity index (χ2n) is 8.76. The summed E-state index contributed by atoms with van der Waals surface area (Å²) in [5, 5.41) is 0.0969. The number of hydrogen-bond acceptors (Lipinski definition) is 5. The average molecular weight is 555 g/mol. The Balaban J connectivity index is 0.00000371. The number of ether oxygens (including phenoxy) is 2. The van der Waals surface area contributed by atoms with Crippen molar-refractivity contribution in [3.05, 3.63) is 107 Å². The van der Waals surface area contributed by atoms with Crippen LogP contribution in [0, 0.1) is 12.7 Å². The zero-order chi connectivity index (χ0) is 29.0. The highest BCUT2D eigenvalue weighted by Gasteiger charge is 2.13. The Morgan fingerprint density at radius 3 is 2.36 bits per heavy atom. The largest absolute Gasteiger partial charge is 0.462 e. The van der Waals surface area contributed by atoms with E-state index in [1.807, 2.05) is 65.0 Å². The predicted octanol–water partition coefficient (Wildman–Crippen LogP) is 8.41. The summed E-state index contributed by atoms with van der Waals surface area (Å²) in [4.78, 5) is 24.9. The predicted molar refractivity (Wildman–Crippen MR) is 162 cm³/mol. The minimum absolute atomic E-state index is 0.0969. The Hall–Kier alpha value is -2.96. The van der Waals surface area contributed by atoms with Gasteiger partial charge in [0.25, 0.3) is 0 Å². The van der Waals surface area contributed by atoms with Crippen molar-refractivity contribution in [2.45, 2.75) is 59.1 Å². The van der Waals surface area contributed by atoms with Crippen LogP contribution in [-0.2, 0) is 20.7 Å².